The van der Waals surface area contributed by atoms with Gasteiger partial charge < -0.3 is 35.8 Å². The minimum Gasteiger partial charge on any atom is -0.436 e. The molecule has 11 nitrogen and oxygen atoms in total. The Bertz CT molecular complexity index is 1630. The van der Waals surface area contributed by atoms with Gasteiger partial charge in [-0.05, 0) is 62.9 Å². The molecule has 4 amide bonds. The molecule has 5 heterocycles. The molecule has 3 atom stereocenters. The number of hydrogen-bond donors (Lipinski definition) is 3. The number of alkyl halides is 3. The average molecular weight is 704 g/mol. The molecule has 264 valence electrons. The highest BCUT2D eigenvalue weighted by atomic mass is 35.5. The fraction of sp³-hybridized carbons (Fsp3) is 0.559. The first-order valence-corrected chi connectivity index (χ1v) is 17.2. The first kappa shape index (κ1) is 33.7. The van der Waals surface area contributed by atoms with Crippen molar-refractivity contribution >= 4 is 41.0 Å². The van der Waals surface area contributed by atoms with Crippen LogP contribution in [-0.2, 0) is 27.7 Å². The smallest absolute Gasteiger partial charge is 0.418 e. The molecule has 7 rings (SSSR count). The average Bonchev–Trinajstić information content (AvgIpc) is 3.65. The number of piperidine rings is 2. The Morgan fingerprint density at radius 3 is 2.41 bits per heavy atom. The molecule has 2 aromatic carbocycles. The monoisotopic (exact) mass is 703 g/mol. The van der Waals surface area contributed by atoms with Crippen molar-refractivity contribution in [3.05, 3.63) is 58.1 Å². The number of carbonyl (C=O) groups excluding carboxylic acids is 3. The number of carbonyl (C=O) groups is 3. The summed E-state index contributed by atoms with van der Waals surface area (Å²) >= 11 is 6.12. The minimum atomic E-state index is -4.77. The van der Waals surface area contributed by atoms with Crippen LogP contribution in [0.15, 0.2) is 36.4 Å². The molecule has 0 radical (unpaired) electrons. The Morgan fingerprint density at radius 2 is 1.76 bits per heavy atom. The number of nitrogens with two attached hydrogens (primary N) is 1. The molecule has 2 aromatic rings. The zero-order valence-corrected chi connectivity index (χ0v) is 28.0. The second-order valence-corrected chi connectivity index (χ2v) is 14.5. The summed E-state index contributed by atoms with van der Waals surface area (Å²) in [6.45, 7) is 3.44. The van der Waals surface area contributed by atoms with E-state index in [4.69, 9.17) is 22.1 Å². The van der Waals surface area contributed by atoms with Gasteiger partial charge in [0.05, 0.1) is 21.8 Å². The lowest BCUT2D eigenvalue weighted by atomic mass is 9.79. The molecule has 15 heteroatoms. The van der Waals surface area contributed by atoms with Crippen molar-refractivity contribution in [2.75, 3.05) is 57.4 Å². The van der Waals surface area contributed by atoms with Crippen LogP contribution < -0.4 is 16.4 Å². The number of piperazine rings is 1. The molecule has 0 aliphatic carbocycles. The molecule has 5 aliphatic heterocycles. The van der Waals surface area contributed by atoms with Crippen molar-refractivity contribution in [2.24, 2.45) is 0 Å². The highest BCUT2D eigenvalue weighted by molar-refractivity contribution is 6.33. The molecule has 4 fully saturated rings. The van der Waals surface area contributed by atoms with Crippen LogP contribution in [0.3, 0.4) is 0 Å². The Kier molecular flexibility index (Phi) is 8.85. The summed E-state index contributed by atoms with van der Waals surface area (Å²) in [6, 6.07) is 10.7. The Hall–Kier alpha value is -3.75. The van der Waals surface area contributed by atoms with E-state index in [1.807, 2.05) is 24.3 Å². The third-order valence-corrected chi connectivity index (χ3v) is 11.5. The van der Waals surface area contributed by atoms with E-state index in [0.717, 1.165) is 44.0 Å². The number of benzene rings is 2. The highest BCUT2D eigenvalue weighted by Gasteiger charge is 2.46. The van der Waals surface area contributed by atoms with Gasteiger partial charge in [0.2, 0.25) is 0 Å². The summed E-state index contributed by atoms with van der Waals surface area (Å²) in [5, 5.41) is 5.56. The summed E-state index contributed by atoms with van der Waals surface area (Å²) in [4.78, 5) is 48.2. The van der Waals surface area contributed by atoms with Gasteiger partial charge in [0.1, 0.15) is 0 Å². The summed E-state index contributed by atoms with van der Waals surface area (Å²) in [5.41, 5.74) is 4.99. The van der Waals surface area contributed by atoms with Gasteiger partial charge in [0, 0.05) is 75.1 Å². The van der Waals surface area contributed by atoms with Gasteiger partial charge in [-0.3, -0.25) is 9.69 Å². The van der Waals surface area contributed by atoms with Gasteiger partial charge in [-0.2, -0.15) is 13.2 Å². The molecular weight excluding hydrogens is 663 g/mol. The molecule has 4 saturated heterocycles. The second kappa shape index (κ2) is 12.9. The number of anilines is 2. The number of likely N-dealkylation sites (tertiary alicyclic amines) is 4. The Balaban J connectivity index is 1.06. The first-order valence-electron chi connectivity index (χ1n) is 16.9. The number of nitrogens with zero attached hydrogens (tertiary/aromatic N) is 4. The van der Waals surface area contributed by atoms with Gasteiger partial charge in [-0.15, -0.1) is 0 Å². The number of nitrogen functional groups attached to an aromatic ring is 1. The van der Waals surface area contributed by atoms with E-state index < -0.39 is 41.1 Å². The van der Waals surface area contributed by atoms with Gasteiger partial charge >= 0.3 is 18.3 Å². The van der Waals surface area contributed by atoms with Crippen molar-refractivity contribution in [1.29, 1.82) is 0 Å². The predicted octanol–water partition coefficient (Wildman–Crippen LogP) is 4.49. The third kappa shape index (κ3) is 6.50. The maximum atomic E-state index is 14.0. The van der Waals surface area contributed by atoms with Gasteiger partial charge in [-0.1, -0.05) is 29.8 Å². The Labute approximate surface area is 287 Å². The van der Waals surface area contributed by atoms with Crippen molar-refractivity contribution in [3.8, 4) is 0 Å². The van der Waals surface area contributed by atoms with Gasteiger partial charge in [0.25, 0.3) is 5.91 Å². The topological polar surface area (TPSA) is 123 Å². The molecule has 0 saturated carbocycles. The van der Waals surface area contributed by atoms with Crippen LogP contribution in [0, 0.1) is 0 Å². The maximum Gasteiger partial charge on any atom is 0.418 e. The van der Waals surface area contributed by atoms with Crippen LogP contribution in [0.2, 0.25) is 5.02 Å². The number of para-hydroxylation sites is 1. The molecule has 49 heavy (non-hydrogen) atoms. The van der Waals surface area contributed by atoms with Crippen molar-refractivity contribution in [3.63, 3.8) is 0 Å². The fourth-order valence-corrected chi connectivity index (χ4v) is 8.74. The molecule has 2 bridgehead atoms. The molecular formula is C34H41ClF3N7O4. The van der Waals surface area contributed by atoms with Crippen LogP contribution in [0.25, 0.3) is 0 Å². The zero-order valence-electron chi connectivity index (χ0n) is 27.3. The van der Waals surface area contributed by atoms with Gasteiger partial charge in [-0.25, -0.2) is 9.59 Å². The fourth-order valence-electron chi connectivity index (χ4n) is 8.49. The van der Waals surface area contributed by atoms with Crippen LogP contribution in [-0.4, -0.2) is 108 Å². The van der Waals surface area contributed by atoms with E-state index in [1.165, 1.54) is 11.0 Å². The number of rotatable bonds is 5. The van der Waals surface area contributed by atoms with E-state index in [-0.39, 0.29) is 36.1 Å². The minimum absolute atomic E-state index is 0.0800. The maximum absolute atomic E-state index is 14.0. The molecule has 5 aliphatic rings. The normalized spacial score (nSPS) is 24.8. The van der Waals surface area contributed by atoms with Crippen molar-refractivity contribution in [2.45, 2.75) is 74.5 Å². The van der Waals surface area contributed by atoms with Crippen LogP contribution in [0.1, 0.15) is 48.8 Å². The summed E-state index contributed by atoms with van der Waals surface area (Å²) < 4.78 is 47.3. The Morgan fingerprint density at radius 1 is 1.04 bits per heavy atom. The number of fused-ring (bicyclic) bond motifs is 4. The van der Waals surface area contributed by atoms with Crippen LogP contribution in [0.5, 0.6) is 0 Å². The number of likely N-dealkylation sites (N-methyl/N-ethyl adjacent to an activating group) is 1. The number of nitrogens with one attached hydrogen (secondary N) is 2. The van der Waals surface area contributed by atoms with E-state index in [9.17, 15) is 27.6 Å². The van der Waals surface area contributed by atoms with Crippen LogP contribution >= 0.6 is 11.6 Å². The largest absolute Gasteiger partial charge is 0.436 e. The van der Waals surface area contributed by atoms with E-state index in [1.54, 1.807) is 4.90 Å². The number of ether oxygens (including phenoxy) is 1. The second-order valence-electron chi connectivity index (χ2n) is 14.0. The standard InChI is InChI=1S/C34H41ClF3N7O4/c1-42-18-23-17-22(42)19-45(23)21-6-10-43(11-7-21)30(46)28(16-20-14-25(34(36,37)38)29(39)26(35)15-20)49-32(48)44-12-8-33(9-13-44)24-4-2-3-5-27(24)40-31(47)41-33/h2-5,14-15,21-23,28H,6-13,16-19,39H2,1H3,(H2,40,41,47)/t22?,23?,28-/m1/s1. The lowest BCUT2D eigenvalue weighted by Gasteiger charge is -2.45. The summed E-state index contributed by atoms with van der Waals surface area (Å²) in [7, 11) is 2.16. The van der Waals surface area contributed by atoms with E-state index >= 15 is 0 Å². The lowest BCUT2D eigenvalue weighted by molar-refractivity contribution is -0.142. The summed E-state index contributed by atoms with van der Waals surface area (Å²) in [5.74, 6) is -0.455. The van der Waals surface area contributed by atoms with Crippen molar-refractivity contribution < 1.29 is 32.3 Å². The predicted molar refractivity (Wildman–Crippen MR) is 177 cm³/mol. The summed E-state index contributed by atoms with van der Waals surface area (Å²) in [6.07, 6.45) is -3.68. The molecule has 1 spiro atoms. The van der Waals surface area contributed by atoms with E-state index in [2.05, 4.69) is 27.5 Å². The van der Waals surface area contributed by atoms with Crippen molar-refractivity contribution in [1.82, 2.24) is 24.9 Å². The van der Waals surface area contributed by atoms with Crippen LogP contribution in [0.4, 0.5) is 34.1 Å². The number of amides is 4. The number of halogens is 4. The SMILES string of the molecule is CN1CC2CC1CN2C1CCN(C(=O)[C@@H](Cc2cc(Cl)c(N)c(C(F)(F)F)c2)OC(=O)N2CCC3(CC2)NC(=O)Nc2ccccc23)CC1. The third-order valence-electron chi connectivity index (χ3n) is 11.2. The molecule has 2 unspecified atom stereocenters. The van der Waals surface area contributed by atoms with E-state index in [0.29, 0.717) is 49.7 Å². The molecule has 4 N–H and O–H groups in total. The molecule has 0 aromatic heterocycles. The van der Waals surface area contributed by atoms with Gasteiger partial charge in [0.15, 0.2) is 6.10 Å². The number of urea groups is 1. The number of hydrogen-bond acceptors (Lipinski definition) is 7. The first-order chi connectivity index (χ1) is 23.3. The lowest BCUT2D eigenvalue weighted by Crippen LogP contribution is -2.58. The quantitative estimate of drug-likeness (QED) is 0.392. The highest BCUT2D eigenvalue weighted by Crippen LogP contribution is 2.41. The zero-order chi connectivity index (χ0) is 34.7.